The van der Waals surface area contributed by atoms with Crippen LogP contribution in [0.25, 0.3) is 0 Å². The molecule has 0 bridgehead atoms. The van der Waals surface area contributed by atoms with E-state index in [9.17, 15) is 24.2 Å². The third-order valence-electron chi connectivity index (χ3n) is 1.36. The Labute approximate surface area is 114 Å². The van der Waals surface area contributed by atoms with Crippen LogP contribution in [0.2, 0.25) is 0 Å². The fraction of sp³-hybridized carbons (Fsp3) is 0.667. The average molecular weight is 358 g/mol. The number of halogens is 6. The van der Waals surface area contributed by atoms with E-state index in [2.05, 4.69) is 5.84 Å². The molecule has 0 radical (unpaired) electrons. The maximum absolute atomic E-state index is 12.6. The van der Waals surface area contributed by atoms with Gasteiger partial charge in [-0.05, 0) is 0 Å². The van der Waals surface area contributed by atoms with Crippen LogP contribution < -0.4 is 11.3 Å². The molecule has 1 amide bonds. The molecule has 17 heavy (non-hydrogen) atoms. The van der Waals surface area contributed by atoms with Gasteiger partial charge in [0.15, 0.2) is 0 Å². The van der Waals surface area contributed by atoms with Gasteiger partial charge in [-0.2, -0.15) is 19.4 Å². The SMILES string of the molecule is F.NNC(=O)C(SF)(SF)C(SF)(SF)SF. The molecule has 0 aliphatic rings. The number of rotatable bonds is 7. The molecule has 3 nitrogen and oxygen atoms in total. The van der Waals surface area contributed by atoms with Gasteiger partial charge in [-0.25, -0.2) is 5.84 Å². The summed E-state index contributed by atoms with van der Waals surface area (Å²) in [5, 5.41) is 0. The smallest absolute Gasteiger partial charge is 0.269 e. The lowest BCUT2D eigenvalue weighted by Crippen LogP contribution is -2.53. The van der Waals surface area contributed by atoms with Crippen LogP contribution in [0, 0.1) is 0 Å². The first kappa shape index (κ1) is 20.1. The van der Waals surface area contributed by atoms with Crippen LogP contribution in [-0.2, 0) is 4.79 Å². The summed E-state index contributed by atoms with van der Waals surface area (Å²) in [7, 11) is 0. The number of nitrogens with one attached hydrogen (secondary N) is 1. The molecule has 0 saturated heterocycles. The first-order chi connectivity index (χ1) is 7.53. The average Bonchev–Trinajstić information content (AvgIpc) is 2.35. The maximum Gasteiger partial charge on any atom is 0.269 e. The minimum atomic E-state index is -3.06. The third-order valence-corrected chi connectivity index (χ3v) is 6.59. The van der Waals surface area contributed by atoms with Crippen molar-refractivity contribution in [1.29, 1.82) is 0 Å². The molecule has 14 heteroatoms. The normalized spacial score (nSPS) is 11.9. The van der Waals surface area contributed by atoms with Gasteiger partial charge in [0.1, 0.15) is 0 Å². The van der Waals surface area contributed by atoms with Crippen molar-refractivity contribution in [2.45, 2.75) is 7.49 Å². The van der Waals surface area contributed by atoms with Gasteiger partial charge in [0.05, 0.1) is 60.7 Å². The number of hydrogen-bond acceptors (Lipinski definition) is 7. The second-order valence-electron chi connectivity index (χ2n) is 2.03. The molecule has 0 heterocycles. The molecule has 0 spiro atoms. The Morgan fingerprint density at radius 2 is 1.29 bits per heavy atom. The summed E-state index contributed by atoms with van der Waals surface area (Å²) in [6.45, 7) is 0. The summed E-state index contributed by atoms with van der Waals surface area (Å²) in [5.41, 5.74) is 1.32. The minimum Gasteiger partial charge on any atom is -0.292 e. The molecule has 0 fully saturated rings. The van der Waals surface area contributed by atoms with Crippen LogP contribution in [0.15, 0.2) is 0 Å². The molecule has 0 atom stereocenters. The highest BCUT2D eigenvalue weighted by atomic mass is 32.3. The Morgan fingerprint density at radius 1 is 0.941 bits per heavy atom. The summed E-state index contributed by atoms with van der Waals surface area (Å²) in [6.07, 6.45) is 0. The Balaban J connectivity index is 0. The van der Waals surface area contributed by atoms with E-state index in [1.54, 1.807) is 0 Å². The van der Waals surface area contributed by atoms with Crippen LogP contribution in [0.3, 0.4) is 0 Å². The predicted molar refractivity (Wildman–Crippen MR) is 63.8 cm³/mol. The molecule has 0 rings (SSSR count). The zero-order chi connectivity index (χ0) is 12.8. The van der Waals surface area contributed by atoms with Crippen molar-refractivity contribution >= 4 is 66.6 Å². The van der Waals surface area contributed by atoms with E-state index in [1.807, 2.05) is 0 Å². The summed E-state index contributed by atoms with van der Waals surface area (Å²) < 4.78 is 56.6. The lowest BCUT2D eigenvalue weighted by Gasteiger charge is -2.33. The Morgan fingerprint density at radius 3 is 1.47 bits per heavy atom. The molecule has 3 N–H and O–H groups in total. The molecule has 0 unspecified atom stereocenters. The predicted octanol–water partition coefficient (Wildman–Crippen LogP) is 3.57. The summed E-state index contributed by atoms with van der Waals surface area (Å²) >= 11 is -5.25. The molecule has 104 valence electrons. The fourth-order valence-electron chi connectivity index (χ4n) is 0.599. The van der Waals surface area contributed by atoms with Crippen molar-refractivity contribution in [3.8, 4) is 0 Å². The molecule has 0 aromatic rings. The Hall–Kier alpha value is 0.760. The molecule has 0 aromatic heterocycles. The maximum atomic E-state index is 12.6. The molecule has 0 aromatic carbocycles. The molecular formula is C3H4F6N2OS5. The van der Waals surface area contributed by atoms with Gasteiger partial charge in [0.25, 0.3) is 5.91 Å². The van der Waals surface area contributed by atoms with Gasteiger partial charge < -0.3 is 0 Å². The van der Waals surface area contributed by atoms with Crippen LogP contribution in [0.4, 0.5) is 24.1 Å². The van der Waals surface area contributed by atoms with Gasteiger partial charge in [-0.3, -0.25) is 14.9 Å². The van der Waals surface area contributed by atoms with E-state index in [0.717, 1.165) is 0 Å². The van der Waals surface area contributed by atoms with Gasteiger partial charge >= 0.3 is 0 Å². The van der Waals surface area contributed by atoms with Gasteiger partial charge in [-0.15, -0.1) is 0 Å². The van der Waals surface area contributed by atoms with Crippen LogP contribution >= 0.6 is 60.7 Å². The van der Waals surface area contributed by atoms with Crippen molar-refractivity contribution < 1.29 is 28.9 Å². The molecular weight excluding hydrogens is 354 g/mol. The zero-order valence-electron chi connectivity index (χ0n) is 7.32. The topological polar surface area (TPSA) is 55.1 Å². The number of hydrogen-bond donors (Lipinski definition) is 2. The van der Waals surface area contributed by atoms with Gasteiger partial charge in [-0.1, -0.05) is 0 Å². The largest absolute Gasteiger partial charge is 0.292 e. The van der Waals surface area contributed by atoms with Crippen molar-refractivity contribution in [1.82, 2.24) is 5.43 Å². The van der Waals surface area contributed by atoms with E-state index in [1.165, 1.54) is 5.43 Å². The first-order valence-corrected chi connectivity index (χ1v) is 6.62. The van der Waals surface area contributed by atoms with Crippen molar-refractivity contribution in [2.24, 2.45) is 5.84 Å². The van der Waals surface area contributed by atoms with Crippen molar-refractivity contribution in [3.63, 3.8) is 0 Å². The minimum absolute atomic E-state index is 0. The first-order valence-electron chi connectivity index (χ1n) is 3.03. The lowest BCUT2D eigenvalue weighted by atomic mass is 10.4. The highest BCUT2D eigenvalue weighted by molar-refractivity contribution is 8.33. The van der Waals surface area contributed by atoms with E-state index in [-0.39, 0.29) is 4.70 Å². The second-order valence-corrected chi connectivity index (χ2v) is 6.90. The zero-order valence-corrected chi connectivity index (χ0v) is 11.4. The van der Waals surface area contributed by atoms with E-state index in [4.69, 9.17) is 0 Å². The lowest BCUT2D eigenvalue weighted by molar-refractivity contribution is -0.121. The van der Waals surface area contributed by atoms with E-state index in [0.29, 0.717) is 0 Å². The second kappa shape index (κ2) is 8.79. The Bertz CT molecular complexity index is 231. The van der Waals surface area contributed by atoms with Gasteiger partial charge in [0.2, 0.25) is 7.49 Å². The quantitative estimate of drug-likeness (QED) is 0.237. The number of amides is 1. The standard InChI is InChI=1S/C3H3F5N2OS5.FH/c4-12-2(13-5,1(11)10-9)3(14-6,15-7)16-8;/h9H2,(H,10,11);1H. The molecule has 0 aliphatic carbocycles. The van der Waals surface area contributed by atoms with Crippen molar-refractivity contribution in [2.75, 3.05) is 0 Å². The summed E-state index contributed by atoms with van der Waals surface area (Å²) in [5.74, 6) is 3.01. The number of hydrazine groups is 1. The van der Waals surface area contributed by atoms with Gasteiger partial charge in [0, 0.05) is 0 Å². The number of nitrogens with two attached hydrogens (primary N) is 1. The summed E-state index contributed by atoms with van der Waals surface area (Å²) in [6, 6.07) is 0. The molecule has 0 saturated carbocycles. The monoisotopic (exact) mass is 358 g/mol. The fourth-order valence-corrected chi connectivity index (χ4v) is 3.14. The van der Waals surface area contributed by atoms with Crippen LogP contribution in [0.5, 0.6) is 0 Å². The highest BCUT2D eigenvalue weighted by Gasteiger charge is 2.65. The molecule has 0 aliphatic heterocycles. The summed E-state index contributed by atoms with van der Waals surface area (Å²) in [4.78, 5) is 11.1. The van der Waals surface area contributed by atoms with Crippen LogP contribution in [-0.4, -0.2) is 13.4 Å². The van der Waals surface area contributed by atoms with Crippen LogP contribution in [0.1, 0.15) is 0 Å². The van der Waals surface area contributed by atoms with E-state index >= 15 is 0 Å². The number of carbonyl (C=O) groups excluding carboxylic acids is 1. The highest BCUT2D eigenvalue weighted by Crippen LogP contribution is 2.64. The van der Waals surface area contributed by atoms with Crippen molar-refractivity contribution in [3.05, 3.63) is 0 Å². The number of carbonyl (C=O) groups is 1. The third kappa shape index (κ3) is 3.40. The Kier molecular flexibility index (Phi) is 10.4. The van der Waals surface area contributed by atoms with E-state index < -0.39 is 74.1 Å².